The summed E-state index contributed by atoms with van der Waals surface area (Å²) in [5, 5.41) is 6.90. The topological polar surface area (TPSA) is 56.7 Å². The Kier molecular flexibility index (Phi) is 9.00. The van der Waals surface area contributed by atoms with Crippen molar-refractivity contribution in [3.05, 3.63) is 231 Å². The highest BCUT2D eigenvalue weighted by Crippen LogP contribution is 2.46. The van der Waals surface area contributed by atoms with Crippen LogP contribution in [0.3, 0.4) is 0 Å². The molecule has 0 amide bonds. The van der Waals surface area contributed by atoms with Gasteiger partial charge < -0.3 is 4.42 Å². The van der Waals surface area contributed by atoms with Crippen LogP contribution in [0.25, 0.3) is 137 Å². The fourth-order valence-corrected chi connectivity index (χ4v) is 11.6. The molecule has 14 rings (SSSR count). The predicted molar refractivity (Wildman–Crippen MR) is 287 cm³/mol. The Bertz CT molecular complexity index is 4310. The van der Waals surface area contributed by atoms with Crippen molar-refractivity contribution in [1.82, 2.24) is 19.5 Å². The van der Waals surface area contributed by atoms with E-state index in [-0.39, 0.29) is 0 Å². The van der Waals surface area contributed by atoms with Crippen LogP contribution in [0.5, 0.6) is 0 Å². The highest BCUT2D eigenvalue weighted by molar-refractivity contribution is 7.26. The molecule has 0 radical (unpaired) electrons. The first-order valence-corrected chi connectivity index (χ1v) is 24.0. The summed E-state index contributed by atoms with van der Waals surface area (Å²) in [5.74, 6) is 1.68. The molecule has 14 aromatic rings. The highest BCUT2D eigenvalue weighted by atomic mass is 32.1. The van der Waals surface area contributed by atoms with Crippen molar-refractivity contribution in [3.8, 4) is 73.2 Å². The van der Waals surface area contributed by atoms with Gasteiger partial charge >= 0.3 is 0 Å². The Balaban J connectivity index is 1.02. The third kappa shape index (κ3) is 6.49. The van der Waals surface area contributed by atoms with Crippen molar-refractivity contribution in [2.45, 2.75) is 0 Å². The number of thiophene rings is 1. The van der Waals surface area contributed by atoms with E-state index in [2.05, 4.69) is 199 Å². The Hall–Kier alpha value is -8.97. The van der Waals surface area contributed by atoms with E-state index in [1.54, 1.807) is 0 Å². The van der Waals surface area contributed by atoms with Gasteiger partial charge in [-0.05, 0) is 81.4 Å². The van der Waals surface area contributed by atoms with E-state index in [9.17, 15) is 0 Å². The van der Waals surface area contributed by atoms with Crippen LogP contribution < -0.4 is 0 Å². The van der Waals surface area contributed by atoms with Gasteiger partial charge in [0, 0.05) is 58.4 Å². The fourth-order valence-electron chi connectivity index (χ4n) is 10.3. The molecule has 69 heavy (non-hydrogen) atoms. The maximum Gasteiger partial charge on any atom is 0.238 e. The quantitative estimate of drug-likeness (QED) is 0.160. The molecule has 0 atom stereocenters. The monoisotopic (exact) mass is 898 g/mol. The Morgan fingerprint density at radius 1 is 0.319 bits per heavy atom. The van der Waals surface area contributed by atoms with E-state index in [1.807, 2.05) is 47.7 Å². The molecule has 4 aromatic heterocycles. The molecule has 0 aliphatic heterocycles. The van der Waals surface area contributed by atoms with E-state index in [0.717, 1.165) is 82.7 Å². The summed E-state index contributed by atoms with van der Waals surface area (Å²) in [6.45, 7) is 0. The lowest BCUT2D eigenvalue weighted by atomic mass is 9.92. The van der Waals surface area contributed by atoms with Crippen LogP contribution in [0.4, 0.5) is 0 Å². The van der Waals surface area contributed by atoms with E-state index in [1.165, 1.54) is 36.9 Å². The van der Waals surface area contributed by atoms with E-state index in [4.69, 9.17) is 19.4 Å². The minimum Gasteiger partial charge on any atom is -0.456 e. The summed E-state index contributed by atoms with van der Waals surface area (Å²) < 4.78 is 11.2. The van der Waals surface area contributed by atoms with Gasteiger partial charge in [0.15, 0.2) is 11.6 Å². The number of hydrogen-bond donors (Lipinski definition) is 0. The van der Waals surface area contributed by atoms with Crippen LogP contribution in [-0.2, 0) is 0 Å². The largest absolute Gasteiger partial charge is 0.456 e. The number of fused-ring (bicyclic) bond motifs is 9. The molecule has 0 saturated heterocycles. The lowest BCUT2D eigenvalue weighted by molar-refractivity contribution is 0.669. The third-order valence-electron chi connectivity index (χ3n) is 13.5. The molecule has 322 valence electrons. The van der Waals surface area contributed by atoms with E-state index < -0.39 is 0 Å². The number of benzene rings is 10. The average Bonchev–Trinajstić information content (AvgIpc) is 4.11. The number of hydrogen-bond acceptors (Lipinski definition) is 5. The third-order valence-corrected chi connectivity index (χ3v) is 14.7. The summed E-state index contributed by atoms with van der Waals surface area (Å²) in [7, 11) is 0. The molecule has 0 N–H and O–H groups in total. The van der Waals surface area contributed by atoms with Crippen molar-refractivity contribution in [2.75, 3.05) is 0 Å². The number of rotatable bonds is 7. The van der Waals surface area contributed by atoms with Gasteiger partial charge in [-0.15, -0.1) is 11.3 Å². The van der Waals surface area contributed by atoms with Crippen molar-refractivity contribution >= 4 is 75.3 Å². The molecule has 0 fully saturated rings. The van der Waals surface area contributed by atoms with Gasteiger partial charge in [0.05, 0.1) is 11.0 Å². The minimum atomic E-state index is 0.533. The molecule has 0 spiro atoms. The van der Waals surface area contributed by atoms with Gasteiger partial charge in [-0.3, -0.25) is 4.57 Å². The predicted octanol–water partition coefficient (Wildman–Crippen LogP) is 17.2. The van der Waals surface area contributed by atoms with Gasteiger partial charge in [0.2, 0.25) is 5.95 Å². The summed E-state index contributed by atoms with van der Waals surface area (Å²) in [6.07, 6.45) is 0. The molecule has 5 nitrogen and oxygen atoms in total. The van der Waals surface area contributed by atoms with E-state index >= 15 is 0 Å². The first-order valence-electron chi connectivity index (χ1n) is 23.2. The SMILES string of the molecule is c1ccc(-c2cc(-c3cccc4c3sc3c(-c5ccccc5)cccc34)cc(-c3cccc4c5ccccc5n(-c5nc(-c6ccccc6)nc(-c6ccc7c(c6)oc6ccccc67)n5)c34)c2)cc1. The Labute approximate surface area is 400 Å². The molecular formula is C63H38N4OS. The molecule has 10 aromatic carbocycles. The van der Waals surface area contributed by atoms with Crippen LogP contribution in [0.15, 0.2) is 235 Å². The van der Waals surface area contributed by atoms with Crippen molar-refractivity contribution in [3.63, 3.8) is 0 Å². The molecule has 0 unspecified atom stereocenters. The molecule has 0 saturated carbocycles. The van der Waals surface area contributed by atoms with Gasteiger partial charge in [-0.25, -0.2) is 4.98 Å². The standard InChI is InChI=1S/C63H38N4OS/c1-4-17-39(18-5-1)43-35-44(37-45(36-43)48-27-16-30-54-53-29-15-26-47(59(53)69-60(48)54)40-19-6-2-7-20-40)46-25-14-28-52-49-23-10-12-31-55(49)67(58(46)52)63-65-61(41-21-8-3-9-22-41)64-62(66-63)42-33-34-51-50-24-11-13-32-56(50)68-57(51)38-42/h1-38H. The second kappa shape index (κ2) is 15.8. The van der Waals surface area contributed by atoms with Crippen LogP contribution in [0, 0.1) is 0 Å². The average molecular weight is 899 g/mol. The lowest BCUT2D eigenvalue weighted by Gasteiger charge is -2.15. The zero-order chi connectivity index (χ0) is 45.4. The Morgan fingerprint density at radius 3 is 1.57 bits per heavy atom. The van der Waals surface area contributed by atoms with E-state index in [0.29, 0.717) is 17.6 Å². The molecule has 0 aliphatic rings. The molecular weight excluding hydrogens is 861 g/mol. The van der Waals surface area contributed by atoms with Gasteiger partial charge in [0.25, 0.3) is 0 Å². The lowest BCUT2D eigenvalue weighted by Crippen LogP contribution is -2.07. The second-order valence-corrected chi connectivity index (χ2v) is 18.5. The van der Waals surface area contributed by atoms with Crippen molar-refractivity contribution in [1.29, 1.82) is 0 Å². The summed E-state index contributed by atoms with van der Waals surface area (Å²) >= 11 is 1.88. The molecule has 6 heteroatoms. The first kappa shape index (κ1) is 39.2. The second-order valence-electron chi connectivity index (χ2n) is 17.5. The minimum absolute atomic E-state index is 0.533. The zero-order valence-electron chi connectivity index (χ0n) is 37.0. The molecule has 0 aliphatic carbocycles. The number of para-hydroxylation sites is 3. The zero-order valence-corrected chi connectivity index (χ0v) is 37.9. The Morgan fingerprint density at radius 2 is 0.841 bits per heavy atom. The van der Waals surface area contributed by atoms with Gasteiger partial charge in [-0.2, -0.15) is 9.97 Å². The number of aromatic nitrogens is 4. The highest BCUT2D eigenvalue weighted by Gasteiger charge is 2.23. The number of nitrogens with zero attached hydrogens (tertiary/aromatic N) is 4. The van der Waals surface area contributed by atoms with Crippen LogP contribution >= 0.6 is 11.3 Å². The summed E-state index contributed by atoms with van der Waals surface area (Å²) in [6, 6.07) is 81.8. The smallest absolute Gasteiger partial charge is 0.238 e. The maximum absolute atomic E-state index is 6.38. The fraction of sp³-hybridized carbons (Fsp3) is 0. The van der Waals surface area contributed by atoms with Gasteiger partial charge in [-0.1, -0.05) is 188 Å². The summed E-state index contributed by atoms with van der Waals surface area (Å²) in [4.78, 5) is 15.9. The molecule has 0 bridgehead atoms. The van der Waals surface area contributed by atoms with Crippen LogP contribution in [0.2, 0.25) is 0 Å². The van der Waals surface area contributed by atoms with Crippen LogP contribution in [-0.4, -0.2) is 19.5 Å². The van der Waals surface area contributed by atoms with Crippen molar-refractivity contribution in [2.24, 2.45) is 0 Å². The summed E-state index contributed by atoms with van der Waals surface area (Å²) in [5.41, 5.74) is 14.7. The molecule has 4 heterocycles. The maximum atomic E-state index is 6.38. The van der Waals surface area contributed by atoms with Crippen LogP contribution in [0.1, 0.15) is 0 Å². The van der Waals surface area contributed by atoms with Crippen molar-refractivity contribution < 1.29 is 4.42 Å². The number of furan rings is 1. The normalized spacial score (nSPS) is 11.8. The van der Waals surface area contributed by atoms with Gasteiger partial charge in [0.1, 0.15) is 11.2 Å². The first-order chi connectivity index (χ1) is 34.2.